The summed E-state index contributed by atoms with van der Waals surface area (Å²) in [5.41, 5.74) is 8.03. The Morgan fingerprint density at radius 1 is 1.16 bits per heavy atom. The Morgan fingerprint density at radius 2 is 1.84 bits per heavy atom. The van der Waals surface area contributed by atoms with Gasteiger partial charge in [-0.1, -0.05) is 18.2 Å². The van der Waals surface area contributed by atoms with Gasteiger partial charge in [-0.3, -0.25) is 15.0 Å². The molecular formula is C22H31F3N4O3. The molecule has 2 fully saturated rings. The van der Waals surface area contributed by atoms with Gasteiger partial charge in [-0.05, 0) is 49.8 Å². The number of halogens is 3. The summed E-state index contributed by atoms with van der Waals surface area (Å²) >= 11 is 0. The summed E-state index contributed by atoms with van der Waals surface area (Å²) in [6.45, 7) is 2.53. The fourth-order valence-electron chi connectivity index (χ4n) is 4.18. The molecule has 1 aliphatic heterocycles. The minimum absolute atomic E-state index is 0.0377. The largest absolute Gasteiger partial charge is 0.416 e. The summed E-state index contributed by atoms with van der Waals surface area (Å²) in [4.78, 5) is 25.8. The second kappa shape index (κ2) is 11.1. The van der Waals surface area contributed by atoms with E-state index in [1.54, 1.807) is 5.01 Å². The van der Waals surface area contributed by atoms with Gasteiger partial charge in [0.05, 0.1) is 18.8 Å². The third-order valence-corrected chi connectivity index (χ3v) is 6.16. The topological polar surface area (TPSA) is 96.7 Å². The number of rotatable bonds is 7. The van der Waals surface area contributed by atoms with Crippen molar-refractivity contribution in [3.05, 3.63) is 35.4 Å². The first-order chi connectivity index (χ1) is 15.3. The Morgan fingerprint density at radius 3 is 2.47 bits per heavy atom. The number of hydrogen-bond acceptors (Lipinski definition) is 5. The second-order valence-electron chi connectivity index (χ2n) is 8.49. The fourth-order valence-corrected chi connectivity index (χ4v) is 4.18. The summed E-state index contributed by atoms with van der Waals surface area (Å²) in [5, 5.41) is 4.49. The average molecular weight is 457 g/mol. The minimum Gasteiger partial charge on any atom is -0.379 e. The third-order valence-electron chi connectivity index (χ3n) is 6.16. The predicted molar refractivity (Wildman–Crippen MR) is 112 cm³/mol. The number of nitrogens with zero attached hydrogens (tertiary/aromatic N) is 1. The first-order valence-electron chi connectivity index (χ1n) is 11.1. The first-order valence-corrected chi connectivity index (χ1v) is 11.1. The van der Waals surface area contributed by atoms with Crippen molar-refractivity contribution >= 4 is 11.8 Å². The molecule has 10 heteroatoms. The molecule has 1 aliphatic carbocycles. The number of alkyl halides is 3. The molecule has 3 rings (SSSR count). The van der Waals surface area contributed by atoms with Crippen LogP contribution in [-0.2, 0) is 26.9 Å². The van der Waals surface area contributed by atoms with Crippen LogP contribution in [0.15, 0.2) is 24.3 Å². The zero-order valence-electron chi connectivity index (χ0n) is 18.0. The van der Waals surface area contributed by atoms with Gasteiger partial charge in [-0.25, -0.2) is 5.01 Å². The molecule has 1 saturated heterocycles. The highest BCUT2D eigenvalue weighted by Crippen LogP contribution is 2.30. The number of nitrogens with two attached hydrogens (primary N) is 1. The Labute approximate surface area is 185 Å². The van der Waals surface area contributed by atoms with Gasteiger partial charge in [-0.2, -0.15) is 13.2 Å². The van der Waals surface area contributed by atoms with Gasteiger partial charge in [-0.15, -0.1) is 0 Å². The van der Waals surface area contributed by atoms with E-state index in [9.17, 15) is 22.8 Å². The zero-order valence-corrected chi connectivity index (χ0v) is 18.0. The summed E-state index contributed by atoms with van der Waals surface area (Å²) in [5.74, 6) is -0.509. The summed E-state index contributed by atoms with van der Waals surface area (Å²) in [6.07, 6.45) is -1.43. The van der Waals surface area contributed by atoms with Crippen molar-refractivity contribution in [2.24, 2.45) is 17.6 Å². The molecule has 1 saturated carbocycles. The van der Waals surface area contributed by atoms with Crippen LogP contribution >= 0.6 is 0 Å². The molecule has 4 N–H and O–H groups in total. The van der Waals surface area contributed by atoms with E-state index in [1.165, 1.54) is 12.1 Å². The van der Waals surface area contributed by atoms with E-state index in [1.807, 2.05) is 0 Å². The maximum atomic E-state index is 13.1. The number of nitrogens with one attached hydrogen (secondary N) is 2. The molecule has 1 unspecified atom stereocenters. The number of amides is 2. The molecule has 7 nitrogen and oxygen atoms in total. The van der Waals surface area contributed by atoms with Crippen molar-refractivity contribution in [3.63, 3.8) is 0 Å². The number of hydrogen-bond donors (Lipinski definition) is 3. The van der Waals surface area contributed by atoms with Crippen LogP contribution in [-0.4, -0.2) is 55.7 Å². The normalized spacial score (nSPS) is 23.4. The number of ether oxygens (including phenoxy) is 1. The highest BCUT2D eigenvalue weighted by atomic mass is 19.4. The van der Waals surface area contributed by atoms with Crippen LogP contribution < -0.4 is 16.5 Å². The molecule has 0 bridgehead atoms. The minimum atomic E-state index is -4.48. The average Bonchev–Trinajstić information content (AvgIpc) is 2.79. The summed E-state index contributed by atoms with van der Waals surface area (Å²) in [6, 6.07) is 3.86. The number of carbonyl (C=O) groups is 2. The van der Waals surface area contributed by atoms with Crippen LogP contribution in [0.25, 0.3) is 0 Å². The quantitative estimate of drug-likeness (QED) is 0.582. The van der Waals surface area contributed by atoms with E-state index >= 15 is 0 Å². The molecule has 1 aromatic carbocycles. The SMILES string of the molecule is NCC1CCC(C(=O)NC(Cc2cccc(C(F)(F)F)c2)C(=O)NN2CCOCC2)CC1. The Bertz CT molecular complexity index is 776. The molecular weight excluding hydrogens is 425 g/mol. The molecule has 0 spiro atoms. The predicted octanol–water partition coefficient (Wildman–Crippen LogP) is 1.86. The summed E-state index contributed by atoms with van der Waals surface area (Å²) in [7, 11) is 0. The van der Waals surface area contributed by atoms with Gasteiger partial charge >= 0.3 is 6.18 Å². The number of hydrazine groups is 1. The van der Waals surface area contributed by atoms with Crippen LogP contribution in [0, 0.1) is 11.8 Å². The lowest BCUT2D eigenvalue weighted by atomic mass is 9.81. The van der Waals surface area contributed by atoms with Crippen LogP contribution in [0.3, 0.4) is 0 Å². The number of carbonyl (C=O) groups excluding carboxylic acids is 2. The maximum Gasteiger partial charge on any atom is 0.416 e. The van der Waals surface area contributed by atoms with Gasteiger partial charge in [0.2, 0.25) is 5.91 Å². The van der Waals surface area contributed by atoms with Crippen LogP contribution in [0.4, 0.5) is 13.2 Å². The highest BCUT2D eigenvalue weighted by Gasteiger charge is 2.32. The van der Waals surface area contributed by atoms with Gasteiger partial charge in [0.1, 0.15) is 6.04 Å². The molecule has 178 valence electrons. The standard InChI is InChI=1S/C22H31F3N4O3/c23-22(24,25)18-3-1-2-16(12-18)13-19(21(31)28-29-8-10-32-11-9-29)27-20(30)17-6-4-15(14-26)5-7-17/h1-3,12,15,17,19H,4-11,13-14,26H2,(H,27,30)(H,28,31). The molecule has 2 aliphatic rings. The molecule has 0 aromatic heterocycles. The summed E-state index contributed by atoms with van der Waals surface area (Å²) < 4.78 is 44.6. The van der Waals surface area contributed by atoms with Crippen LogP contribution in [0.5, 0.6) is 0 Å². The zero-order chi connectivity index (χ0) is 23.1. The molecule has 1 heterocycles. The van der Waals surface area contributed by atoms with Crippen LogP contribution in [0.1, 0.15) is 36.8 Å². The Balaban J connectivity index is 1.70. The fraction of sp³-hybridized carbons (Fsp3) is 0.636. The van der Waals surface area contributed by atoms with E-state index in [0.29, 0.717) is 57.2 Å². The van der Waals surface area contributed by atoms with Crippen molar-refractivity contribution in [1.29, 1.82) is 0 Å². The van der Waals surface area contributed by atoms with Crippen molar-refractivity contribution in [3.8, 4) is 0 Å². The lowest BCUT2D eigenvalue weighted by Crippen LogP contribution is -2.56. The number of morpholine rings is 1. The van der Waals surface area contributed by atoms with Crippen molar-refractivity contribution < 1.29 is 27.5 Å². The molecule has 1 atom stereocenters. The van der Waals surface area contributed by atoms with Crippen molar-refractivity contribution in [2.45, 2.75) is 44.3 Å². The van der Waals surface area contributed by atoms with E-state index in [-0.39, 0.29) is 18.2 Å². The van der Waals surface area contributed by atoms with Gasteiger partial charge < -0.3 is 15.8 Å². The van der Waals surface area contributed by atoms with E-state index < -0.39 is 23.7 Å². The van der Waals surface area contributed by atoms with Crippen molar-refractivity contribution in [1.82, 2.24) is 15.8 Å². The van der Waals surface area contributed by atoms with Crippen molar-refractivity contribution in [2.75, 3.05) is 32.8 Å². The molecule has 1 aromatic rings. The monoisotopic (exact) mass is 456 g/mol. The van der Waals surface area contributed by atoms with Crippen LogP contribution in [0.2, 0.25) is 0 Å². The third kappa shape index (κ3) is 6.91. The second-order valence-corrected chi connectivity index (χ2v) is 8.49. The molecule has 32 heavy (non-hydrogen) atoms. The Kier molecular flexibility index (Phi) is 8.50. The van der Waals surface area contributed by atoms with Gasteiger partial charge in [0, 0.05) is 25.4 Å². The smallest absolute Gasteiger partial charge is 0.379 e. The van der Waals surface area contributed by atoms with E-state index in [4.69, 9.17) is 10.5 Å². The highest BCUT2D eigenvalue weighted by molar-refractivity contribution is 5.88. The molecule has 0 radical (unpaired) electrons. The lowest BCUT2D eigenvalue weighted by Gasteiger charge is -2.31. The maximum absolute atomic E-state index is 13.1. The van der Waals surface area contributed by atoms with E-state index in [0.717, 1.165) is 25.0 Å². The Hall–Kier alpha value is -2.17. The van der Waals surface area contributed by atoms with Gasteiger partial charge in [0.15, 0.2) is 0 Å². The lowest BCUT2D eigenvalue weighted by molar-refractivity contribution is -0.137. The van der Waals surface area contributed by atoms with Gasteiger partial charge in [0.25, 0.3) is 5.91 Å². The first kappa shape index (κ1) is 24.5. The van der Waals surface area contributed by atoms with E-state index in [2.05, 4.69) is 10.7 Å². The number of benzene rings is 1. The molecule has 2 amide bonds.